The molecule has 0 aromatic carbocycles. The zero-order chi connectivity index (χ0) is 9.14. The highest BCUT2D eigenvalue weighted by atomic mass is 79.9. The maximum absolute atomic E-state index is 8.99. The molecule has 0 bridgehead atoms. The van der Waals surface area contributed by atoms with Gasteiger partial charge in [0, 0.05) is 26.7 Å². The third kappa shape index (κ3) is 2.07. The number of aliphatic hydroxyl groups is 1. The molecule has 0 spiro atoms. The van der Waals surface area contributed by atoms with Crippen molar-refractivity contribution < 1.29 is 5.11 Å². The van der Waals surface area contributed by atoms with E-state index in [1.54, 1.807) is 11.3 Å². The van der Waals surface area contributed by atoms with Crippen molar-refractivity contribution in [3.8, 4) is 0 Å². The summed E-state index contributed by atoms with van der Waals surface area (Å²) in [5.41, 5.74) is 5.51. The second-order valence-electron chi connectivity index (χ2n) is 2.67. The molecular formula is C8H12BrNOS. The van der Waals surface area contributed by atoms with E-state index in [0.717, 1.165) is 9.35 Å². The highest BCUT2D eigenvalue weighted by Gasteiger charge is 2.12. The van der Waals surface area contributed by atoms with Crippen molar-refractivity contribution in [2.45, 2.75) is 12.8 Å². The molecular weight excluding hydrogens is 238 g/mol. The summed E-state index contributed by atoms with van der Waals surface area (Å²) in [6, 6.07) is 2.04. The summed E-state index contributed by atoms with van der Waals surface area (Å²) in [6.07, 6.45) is 0. The lowest BCUT2D eigenvalue weighted by atomic mass is 10.1. The second-order valence-corrected chi connectivity index (χ2v) is 4.81. The predicted molar refractivity (Wildman–Crippen MR) is 55.6 cm³/mol. The standard InChI is InChI=1S/C8H12BrNOS/c1-5-7(9)2-8(12-5)6(3-10)4-11/h2,6,11H,3-4,10H2,1H3. The molecule has 0 radical (unpaired) electrons. The van der Waals surface area contributed by atoms with Crippen molar-refractivity contribution in [1.82, 2.24) is 0 Å². The van der Waals surface area contributed by atoms with Crippen LogP contribution in [-0.2, 0) is 0 Å². The predicted octanol–water partition coefficient (Wildman–Crippen LogP) is 1.85. The molecule has 0 amide bonds. The number of thiophene rings is 1. The smallest absolute Gasteiger partial charge is 0.0519 e. The van der Waals surface area contributed by atoms with E-state index < -0.39 is 0 Å². The molecule has 12 heavy (non-hydrogen) atoms. The number of nitrogens with two attached hydrogens (primary N) is 1. The van der Waals surface area contributed by atoms with Crippen LogP contribution in [0.4, 0.5) is 0 Å². The van der Waals surface area contributed by atoms with E-state index in [4.69, 9.17) is 10.8 Å². The van der Waals surface area contributed by atoms with Crippen molar-refractivity contribution in [1.29, 1.82) is 0 Å². The Bertz CT molecular complexity index is 238. The maximum atomic E-state index is 8.99. The monoisotopic (exact) mass is 249 g/mol. The van der Waals surface area contributed by atoms with E-state index in [2.05, 4.69) is 15.9 Å². The molecule has 1 unspecified atom stereocenters. The number of halogens is 1. The van der Waals surface area contributed by atoms with Gasteiger partial charge in [0.15, 0.2) is 0 Å². The molecule has 1 atom stereocenters. The number of hydrogen-bond donors (Lipinski definition) is 2. The Morgan fingerprint density at radius 2 is 2.42 bits per heavy atom. The van der Waals surface area contributed by atoms with Crippen LogP contribution < -0.4 is 5.73 Å². The maximum Gasteiger partial charge on any atom is 0.0519 e. The molecule has 68 valence electrons. The van der Waals surface area contributed by atoms with Crippen LogP contribution in [0.5, 0.6) is 0 Å². The Morgan fingerprint density at radius 1 is 1.75 bits per heavy atom. The minimum atomic E-state index is 0.0972. The summed E-state index contributed by atoms with van der Waals surface area (Å²) in [7, 11) is 0. The minimum Gasteiger partial charge on any atom is -0.396 e. The SMILES string of the molecule is Cc1sc(C(CN)CO)cc1Br. The van der Waals surface area contributed by atoms with Crippen molar-refractivity contribution >= 4 is 27.3 Å². The molecule has 0 saturated heterocycles. The zero-order valence-corrected chi connectivity index (χ0v) is 9.28. The first kappa shape index (κ1) is 10.2. The third-order valence-corrected chi connectivity index (χ3v) is 4.08. The topological polar surface area (TPSA) is 46.2 Å². The van der Waals surface area contributed by atoms with Crippen molar-refractivity contribution in [2.24, 2.45) is 5.73 Å². The number of aliphatic hydroxyl groups excluding tert-OH is 1. The first-order chi connectivity index (χ1) is 5.69. The van der Waals surface area contributed by atoms with Crippen LogP contribution in [0.15, 0.2) is 10.5 Å². The molecule has 1 rings (SSSR count). The highest BCUT2D eigenvalue weighted by Crippen LogP contribution is 2.30. The van der Waals surface area contributed by atoms with Crippen LogP contribution in [0.1, 0.15) is 15.7 Å². The van der Waals surface area contributed by atoms with Gasteiger partial charge in [-0.3, -0.25) is 0 Å². The molecule has 0 aliphatic carbocycles. The van der Waals surface area contributed by atoms with Gasteiger partial charge >= 0.3 is 0 Å². The van der Waals surface area contributed by atoms with Gasteiger partial charge in [-0.1, -0.05) is 0 Å². The lowest BCUT2D eigenvalue weighted by Crippen LogP contribution is -2.14. The molecule has 1 aromatic heterocycles. The van der Waals surface area contributed by atoms with Gasteiger partial charge in [-0.15, -0.1) is 11.3 Å². The van der Waals surface area contributed by atoms with E-state index >= 15 is 0 Å². The Morgan fingerprint density at radius 3 is 2.75 bits per heavy atom. The van der Waals surface area contributed by atoms with Gasteiger partial charge in [-0.25, -0.2) is 0 Å². The zero-order valence-electron chi connectivity index (χ0n) is 6.88. The molecule has 1 aromatic rings. The normalized spacial score (nSPS) is 13.3. The summed E-state index contributed by atoms with van der Waals surface area (Å²) >= 11 is 5.12. The average Bonchev–Trinajstić information content (AvgIpc) is 2.35. The first-order valence-electron chi connectivity index (χ1n) is 3.75. The Kier molecular flexibility index (Phi) is 3.71. The molecule has 0 saturated carbocycles. The summed E-state index contributed by atoms with van der Waals surface area (Å²) in [5, 5.41) is 8.99. The lowest BCUT2D eigenvalue weighted by molar-refractivity contribution is 0.269. The van der Waals surface area contributed by atoms with E-state index in [1.165, 1.54) is 4.88 Å². The van der Waals surface area contributed by atoms with E-state index in [1.807, 2.05) is 13.0 Å². The van der Waals surface area contributed by atoms with Gasteiger partial charge in [-0.05, 0) is 28.9 Å². The minimum absolute atomic E-state index is 0.0972. The molecule has 3 N–H and O–H groups in total. The summed E-state index contributed by atoms with van der Waals surface area (Å²) in [6.45, 7) is 2.68. The van der Waals surface area contributed by atoms with E-state index in [-0.39, 0.29) is 12.5 Å². The summed E-state index contributed by atoms with van der Waals surface area (Å²) in [5.74, 6) is 0.0972. The fraction of sp³-hybridized carbons (Fsp3) is 0.500. The van der Waals surface area contributed by atoms with Gasteiger partial charge in [0.1, 0.15) is 0 Å². The van der Waals surface area contributed by atoms with Crippen LogP contribution in [-0.4, -0.2) is 18.3 Å². The molecule has 1 heterocycles. The van der Waals surface area contributed by atoms with Crippen LogP contribution in [0, 0.1) is 6.92 Å². The molecule has 2 nitrogen and oxygen atoms in total. The molecule has 0 fully saturated rings. The van der Waals surface area contributed by atoms with Crippen LogP contribution in [0.2, 0.25) is 0 Å². The number of rotatable bonds is 3. The van der Waals surface area contributed by atoms with E-state index in [9.17, 15) is 0 Å². The average molecular weight is 250 g/mol. The van der Waals surface area contributed by atoms with Crippen molar-refractivity contribution in [3.63, 3.8) is 0 Å². The largest absolute Gasteiger partial charge is 0.396 e. The van der Waals surface area contributed by atoms with Crippen LogP contribution in [0.3, 0.4) is 0 Å². The van der Waals surface area contributed by atoms with Crippen molar-refractivity contribution in [3.05, 3.63) is 20.3 Å². The fourth-order valence-electron chi connectivity index (χ4n) is 0.963. The Hall–Kier alpha value is 0.100. The van der Waals surface area contributed by atoms with Crippen LogP contribution in [0.25, 0.3) is 0 Å². The lowest BCUT2D eigenvalue weighted by Gasteiger charge is -2.07. The molecule has 0 aliphatic heterocycles. The van der Waals surface area contributed by atoms with Gasteiger partial charge in [0.2, 0.25) is 0 Å². The number of aryl methyl sites for hydroxylation is 1. The summed E-state index contributed by atoms with van der Waals surface area (Å²) in [4.78, 5) is 2.39. The van der Waals surface area contributed by atoms with Crippen molar-refractivity contribution in [2.75, 3.05) is 13.2 Å². The van der Waals surface area contributed by atoms with Gasteiger partial charge in [0.25, 0.3) is 0 Å². The number of hydrogen-bond acceptors (Lipinski definition) is 3. The van der Waals surface area contributed by atoms with E-state index in [0.29, 0.717) is 6.54 Å². The fourth-order valence-corrected chi connectivity index (χ4v) is 2.63. The molecule has 0 aliphatic rings. The quantitative estimate of drug-likeness (QED) is 0.860. The van der Waals surface area contributed by atoms with Crippen LogP contribution >= 0.6 is 27.3 Å². The Balaban J connectivity index is 2.86. The van der Waals surface area contributed by atoms with Gasteiger partial charge in [-0.2, -0.15) is 0 Å². The van der Waals surface area contributed by atoms with Gasteiger partial charge in [0.05, 0.1) is 6.61 Å². The third-order valence-electron chi connectivity index (χ3n) is 1.78. The second kappa shape index (κ2) is 4.37. The summed E-state index contributed by atoms with van der Waals surface area (Å²) < 4.78 is 1.11. The van der Waals surface area contributed by atoms with Gasteiger partial charge < -0.3 is 10.8 Å². The Labute approximate surface area is 84.5 Å². The molecule has 4 heteroatoms. The highest BCUT2D eigenvalue weighted by molar-refractivity contribution is 9.10. The first-order valence-corrected chi connectivity index (χ1v) is 5.36.